The highest BCUT2D eigenvalue weighted by molar-refractivity contribution is 5.81. The summed E-state index contributed by atoms with van der Waals surface area (Å²) in [6.45, 7) is 4.28. The molecule has 1 aliphatic rings. The molecule has 1 fully saturated rings. The Morgan fingerprint density at radius 2 is 2.04 bits per heavy atom. The fourth-order valence-electron chi connectivity index (χ4n) is 3.55. The normalized spacial score (nSPS) is 16.6. The van der Waals surface area contributed by atoms with Gasteiger partial charge in [0.15, 0.2) is 6.10 Å². The zero-order valence-corrected chi connectivity index (χ0v) is 16.1. The van der Waals surface area contributed by atoms with Crippen molar-refractivity contribution in [1.82, 2.24) is 5.32 Å². The second-order valence-corrected chi connectivity index (χ2v) is 7.16. The van der Waals surface area contributed by atoms with Crippen LogP contribution in [0.4, 0.5) is 0 Å². The molecule has 1 aliphatic carbocycles. The van der Waals surface area contributed by atoms with Crippen LogP contribution in [0.3, 0.4) is 0 Å². The number of carbonyl (C=O) groups excluding carboxylic acids is 2. The number of nitriles is 1. The molecule has 6 heteroatoms. The topological polar surface area (TPSA) is 88.4 Å². The maximum atomic E-state index is 12.5. The molecule has 1 amide bonds. The van der Waals surface area contributed by atoms with Gasteiger partial charge in [-0.1, -0.05) is 25.3 Å². The Kier molecular flexibility index (Phi) is 7.66. The third-order valence-corrected chi connectivity index (χ3v) is 5.02. The van der Waals surface area contributed by atoms with Crippen molar-refractivity contribution in [2.45, 2.75) is 58.5 Å². The molecule has 1 atom stereocenters. The van der Waals surface area contributed by atoms with E-state index in [1.165, 1.54) is 0 Å². The molecule has 27 heavy (non-hydrogen) atoms. The molecule has 1 aromatic carbocycles. The smallest absolute Gasteiger partial charge is 0.306 e. The van der Waals surface area contributed by atoms with Gasteiger partial charge in [0.2, 0.25) is 0 Å². The van der Waals surface area contributed by atoms with Gasteiger partial charge in [0.25, 0.3) is 5.91 Å². The molecule has 0 aliphatic heterocycles. The molecule has 0 heterocycles. The minimum Gasteiger partial charge on any atom is -0.481 e. The lowest BCUT2D eigenvalue weighted by Crippen LogP contribution is -2.44. The van der Waals surface area contributed by atoms with Crippen LogP contribution >= 0.6 is 0 Å². The van der Waals surface area contributed by atoms with Crippen LogP contribution in [0, 0.1) is 16.7 Å². The molecule has 146 valence electrons. The first-order chi connectivity index (χ1) is 13.0. The van der Waals surface area contributed by atoms with E-state index in [9.17, 15) is 9.59 Å². The van der Waals surface area contributed by atoms with Gasteiger partial charge in [-0.25, -0.2) is 0 Å². The zero-order chi connectivity index (χ0) is 19.7. The number of ether oxygens (including phenoxy) is 2. The first-order valence-corrected chi connectivity index (χ1v) is 9.58. The molecule has 0 radical (unpaired) electrons. The van der Waals surface area contributed by atoms with Crippen LogP contribution < -0.4 is 10.1 Å². The highest BCUT2D eigenvalue weighted by atomic mass is 16.5. The third-order valence-electron chi connectivity index (χ3n) is 5.02. The minimum absolute atomic E-state index is 0.203. The average Bonchev–Trinajstić information content (AvgIpc) is 2.67. The summed E-state index contributed by atoms with van der Waals surface area (Å²) in [5.74, 6) is 0.0491. The number of amides is 1. The third kappa shape index (κ3) is 6.28. The summed E-state index contributed by atoms with van der Waals surface area (Å²) in [5.41, 5.74) is 0.247. The van der Waals surface area contributed by atoms with Gasteiger partial charge < -0.3 is 14.8 Å². The molecular weight excluding hydrogens is 344 g/mol. The molecule has 1 N–H and O–H groups in total. The number of benzene rings is 1. The Morgan fingerprint density at radius 1 is 1.30 bits per heavy atom. The molecule has 1 saturated carbocycles. The van der Waals surface area contributed by atoms with Gasteiger partial charge in [0, 0.05) is 6.54 Å². The fraction of sp³-hybridized carbons (Fsp3) is 0.571. The number of nitrogens with zero attached hydrogens (tertiary/aromatic N) is 1. The van der Waals surface area contributed by atoms with Gasteiger partial charge in [0.05, 0.1) is 24.7 Å². The largest absolute Gasteiger partial charge is 0.481 e. The van der Waals surface area contributed by atoms with Gasteiger partial charge in [0.1, 0.15) is 5.75 Å². The summed E-state index contributed by atoms with van der Waals surface area (Å²) in [5, 5.41) is 11.9. The van der Waals surface area contributed by atoms with E-state index in [4.69, 9.17) is 14.7 Å². The average molecular weight is 372 g/mol. The highest BCUT2D eigenvalue weighted by Gasteiger charge is 2.35. The molecule has 0 bridgehead atoms. The Labute approximate surface area is 160 Å². The second kappa shape index (κ2) is 9.96. The van der Waals surface area contributed by atoms with E-state index >= 15 is 0 Å². The summed E-state index contributed by atoms with van der Waals surface area (Å²) < 4.78 is 10.8. The maximum absolute atomic E-state index is 12.5. The summed E-state index contributed by atoms with van der Waals surface area (Å²) in [7, 11) is 0. The van der Waals surface area contributed by atoms with Crippen LogP contribution in [0.25, 0.3) is 0 Å². The maximum Gasteiger partial charge on any atom is 0.306 e. The number of esters is 1. The fourth-order valence-corrected chi connectivity index (χ4v) is 3.55. The molecule has 2 rings (SSSR count). The lowest BCUT2D eigenvalue weighted by atomic mass is 9.71. The molecule has 1 aromatic rings. The van der Waals surface area contributed by atoms with Gasteiger partial charge in [-0.15, -0.1) is 0 Å². The predicted octanol–water partition coefficient (Wildman–Crippen LogP) is 3.35. The summed E-state index contributed by atoms with van der Waals surface area (Å²) in [4.78, 5) is 24.5. The molecule has 0 saturated heterocycles. The summed E-state index contributed by atoms with van der Waals surface area (Å²) >= 11 is 0. The van der Waals surface area contributed by atoms with Crippen LogP contribution in [0.1, 0.15) is 57.9 Å². The summed E-state index contributed by atoms with van der Waals surface area (Å²) in [6.07, 6.45) is 4.73. The molecular formula is C21H28N2O4. The highest BCUT2D eigenvalue weighted by Crippen LogP contribution is 2.39. The number of nitrogens with one attached hydrogen (secondary N) is 1. The Bertz CT molecular complexity index is 690. The molecule has 6 nitrogen and oxygen atoms in total. The Balaban J connectivity index is 1.93. The quantitative estimate of drug-likeness (QED) is 0.707. The minimum atomic E-state index is -0.692. The van der Waals surface area contributed by atoms with Crippen LogP contribution in [-0.4, -0.2) is 31.1 Å². The lowest BCUT2D eigenvalue weighted by molar-refractivity contribution is -0.147. The second-order valence-electron chi connectivity index (χ2n) is 7.16. The van der Waals surface area contributed by atoms with Crippen LogP contribution in [0.2, 0.25) is 0 Å². The van der Waals surface area contributed by atoms with E-state index in [-0.39, 0.29) is 17.3 Å². The van der Waals surface area contributed by atoms with E-state index in [0.717, 1.165) is 32.1 Å². The van der Waals surface area contributed by atoms with Gasteiger partial charge >= 0.3 is 5.97 Å². The first kappa shape index (κ1) is 20.8. The molecule has 0 aromatic heterocycles. The van der Waals surface area contributed by atoms with Gasteiger partial charge in [-0.05, 0) is 50.3 Å². The van der Waals surface area contributed by atoms with Crippen LogP contribution in [-0.2, 0) is 14.3 Å². The standard InChI is InChI=1S/C21H28N2O4/c1-3-26-19(24)13-21(10-5-4-6-11-21)15-23-20(25)16(2)27-18-9-7-8-17(12-18)14-22/h7-9,12,16H,3-6,10-11,13,15H2,1-2H3,(H,23,25)/t16-/m1/s1. The van der Waals surface area contributed by atoms with Crippen molar-refractivity contribution in [3.8, 4) is 11.8 Å². The van der Waals surface area contributed by atoms with E-state index in [0.29, 0.717) is 30.9 Å². The SMILES string of the molecule is CCOC(=O)CC1(CNC(=O)[C@@H](C)Oc2cccc(C#N)c2)CCCCC1. The van der Waals surface area contributed by atoms with Crippen molar-refractivity contribution in [3.63, 3.8) is 0 Å². The first-order valence-electron chi connectivity index (χ1n) is 9.58. The van der Waals surface area contributed by atoms with Crippen molar-refractivity contribution >= 4 is 11.9 Å². The van der Waals surface area contributed by atoms with Crippen molar-refractivity contribution in [1.29, 1.82) is 5.26 Å². The van der Waals surface area contributed by atoms with E-state index in [1.54, 1.807) is 38.1 Å². The van der Waals surface area contributed by atoms with Crippen molar-refractivity contribution in [2.24, 2.45) is 5.41 Å². The number of rotatable bonds is 8. The predicted molar refractivity (Wildman–Crippen MR) is 101 cm³/mol. The van der Waals surface area contributed by atoms with Crippen LogP contribution in [0.5, 0.6) is 5.75 Å². The lowest BCUT2D eigenvalue weighted by Gasteiger charge is -2.37. The van der Waals surface area contributed by atoms with Crippen LogP contribution in [0.15, 0.2) is 24.3 Å². The van der Waals surface area contributed by atoms with E-state index in [1.807, 2.05) is 6.07 Å². The Morgan fingerprint density at radius 3 is 2.70 bits per heavy atom. The van der Waals surface area contributed by atoms with E-state index < -0.39 is 6.10 Å². The zero-order valence-electron chi connectivity index (χ0n) is 16.1. The number of hydrogen-bond donors (Lipinski definition) is 1. The van der Waals surface area contributed by atoms with Gasteiger partial charge in [-0.2, -0.15) is 5.26 Å². The van der Waals surface area contributed by atoms with Crippen molar-refractivity contribution in [3.05, 3.63) is 29.8 Å². The monoisotopic (exact) mass is 372 g/mol. The van der Waals surface area contributed by atoms with Crippen molar-refractivity contribution < 1.29 is 19.1 Å². The molecule has 0 spiro atoms. The number of carbonyl (C=O) groups is 2. The van der Waals surface area contributed by atoms with E-state index in [2.05, 4.69) is 5.32 Å². The summed E-state index contributed by atoms with van der Waals surface area (Å²) in [6, 6.07) is 8.77. The number of hydrogen-bond acceptors (Lipinski definition) is 5. The van der Waals surface area contributed by atoms with Crippen molar-refractivity contribution in [2.75, 3.05) is 13.2 Å². The molecule has 0 unspecified atom stereocenters. The van der Waals surface area contributed by atoms with Gasteiger partial charge in [-0.3, -0.25) is 9.59 Å². The Hall–Kier alpha value is -2.55.